The summed E-state index contributed by atoms with van der Waals surface area (Å²) in [7, 11) is 0. The Labute approximate surface area is 279 Å². The van der Waals surface area contributed by atoms with Gasteiger partial charge in [-0.05, 0) is 69.6 Å². The molecule has 48 heavy (non-hydrogen) atoms. The lowest BCUT2D eigenvalue weighted by molar-refractivity contribution is 0.673. The molecule has 0 spiro atoms. The standard InChI is InChI=1S/C46H31NO/c1-4-12-32(13-5-1)34-20-22-37(23-21-34)40-30-31-43-42-29-26-36-16-10-11-19-41(36)45(42)48-46(43)44(40)47(38-17-8-3-9-18-38)39-27-24-35(25-28-39)33-14-6-2-7-15-33/h1-31H. The van der Waals surface area contributed by atoms with Crippen LogP contribution in [0.1, 0.15) is 0 Å². The smallest absolute Gasteiger partial charge is 0.160 e. The summed E-state index contributed by atoms with van der Waals surface area (Å²) < 4.78 is 7.03. The average Bonchev–Trinajstić information content (AvgIpc) is 3.56. The summed E-state index contributed by atoms with van der Waals surface area (Å²) >= 11 is 0. The molecule has 9 aromatic rings. The number of hydrogen-bond donors (Lipinski definition) is 0. The Kier molecular flexibility index (Phi) is 6.84. The van der Waals surface area contributed by atoms with E-state index in [-0.39, 0.29) is 0 Å². The van der Waals surface area contributed by atoms with Crippen molar-refractivity contribution in [3.63, 3.8) is 0 Å². The SMILES string of the molecule is c1ccc(-c2ccc(-c3ccc4c(oc5c6ccccc6ccc45)c3N(c3ccccc3)c3ccc(-c4ccccc4)cc3)cc2)cc1. The highest BCUT2D eigenvalue weighted by Crippen LogP contribution is 2.48. The molecule has 0 atom stereocenters. The molecule has 0 radical (unpaired) electrons. The first-order valence-electron chi connectivity index (χ1n) is 16.4. The molecular weight excluding hydrogens is 583 g/mol. The molecule has 2 heteroatoms. The first kappa shape index (κ1) is 27.9. The maximum Gasteiger partial charge on any atom is 0.160 e. The lowest BCUT2D eigenvalue weighted by Gasteiger charge is -2.28. The number of fused-ring (bicyclic) bond motifs is 5. The summed E-state index contributed by atoms with van der Waals surface area (Å²) in [5.74, 6) is 0. The minimum absolute atomic E-state index is 0.863. The maximum absolute atomic E-state index is 7.03. The fourth-order valence-corrected chi connectivity index (χ4v) is 6.90. The topological polar surface area (TPSA) is 16.4 Å². The van der Waals surface area contributed by atoms with Gasteiger partial charge in [-0.1, -0.05) is 152 Å². The molecule has 9 rings (SSSR count). The Balaban J connectivity index is 1.31. The third kappa shape index (κ3) is 4.83. The fraction of sp³-hybridized carbons (Fsp3) is 0. The van der Waals surface area contributed by atoms with Gasteiger partial charge in [0.15, 0.2) is 5.58 Å². The molecule has 0 bridgehead atoms. The third-order valence-electron chi connectivity index (χ3n) is 9.28. The highest BCUT2D eigenvalue weighted by Gasteiger charge is 2.24. The van der Waals surface area contributed by atoms with Crippen molar-refractivity contribution in [2.24, 2.45) is 0 Å². The molecule has 0 aliphatic carbocycles. The fourth-order valence-electron chi connectivity index (χ4n) is 6.90. The normalized spacial score (nSPS) is 11.3. The van der Waals surface area contributed by atoms with Gasteiger partial charge in [-0.15, -0.1) is 0 Å². The second-order valence-electron chi connectivity index (χ2n) is 12.1. The molecule has 0 saturated carbocycles. The van der Waals surface area contributed by atoms with Crippen molar-refractivity contribution in [3.8, 4) is 33.4 Å². The minimum Gasteiger partial charge on any atom is -0.453 e. The summed E-state index contributed by atoms with van der Waals surface area (Å²) in [6, 6.07) is 66.7. The van der Waals surface area contributed by atoms with E-state index in [1.807, 2.05) is 0 Å². The number of benzene rings is 8. The van der Waals surface area contributed by atoms with Crippen LogP contribution < -0.4 is 4.90 Å². The van der Waals surface area contributed by atoms with Crippen molar-refractivity contribution < 1.29 is 4.42 Å². The van der Waals surface area contributed by atoms with Crippen molar-refractivity contribution >= 4 is 49.8 Å². The van der Waals surface area contributed by atoms with Gasteiger partial charge >= 0.3 is 0 Å². The second-order valence-corrected chi connectivity index (χ2v) is 12.1. The van der Waals surface area contributed by atoms with Gasteiger partial charge in [0.25, 0.3) is 0 Å². The molecule has 2 nitrogen and oxygen atoms in total. The first-order chi connectivity index (χ1) is 23.8. The van der Waals surface area contributed by atoms with Crippen molar-refractivity contribution in [2.75, 3.05) is 4.90 Å². The molecule has 0 fully saturated rings. The third-order valence-corrected chi connectivity index (χ3v) is 9.28. The largest absolute Gasteiger partial charge is 0.453 e. The molecule has 0 saturated heterocycles. The Bertz CT molecular complexity index is 2520. The van der Waals surface area contributed by atoms with Gasteiger partial charge in [0, 0.05) is 33.1 Å². The molecule has 0 N–H and O–H groups in total. The average molecular weight is 614 g/mol. The number of rotatable bonds is 6. The Morgan fingerprint density at radius 3 is 1.46 bits per heavy atom. The molecule has 0 unspecified atom stereocenters. The number of para-hydroxylation sites is 1. The van der Waals surface area contributed by atoms with Gasteiger partial charge in [-0.2, -0.15) is 0 Å². The lowest BCUT2D eigenvalue weighted by Crippen LogP contribution is -2.11. The second kappa shape index (κ2) is 11.8. The summed E-state index contributed by atoms with van der Waals surface area (Å²) in [4.78, 5) is 2.35. The number of nitrogens with zero attached hydrogens (tertiary/aromatic N) is 1. The van der Waals surface area contributed by atoms with Crippen molar-refractivity contribution in [2.45, 2.75) is 0 Å². The van der Waals surface area contributed by atoms with E-state index >= 15 is 0 Å². The molecule has 0 aliphatic heterocycles. The number of furan rings is 1. The van der Waals surface area contributed by atoms with Gasteiger partial charge in [0.2, 0.25) is 0 Å². The maximum atomic E-state index is 7.03. The summed E-state index contributed by atoms with van der Waals surface area (Å²) in [5, 5.41) is 4.49. The quantitative estimate of drug-likeness (QED) is 0.185. The highest BCUT2D eigenvalue weighted by atomic mass is 16.3. The predicted octanol–water partition coefficient (Wildman–Crippen LogP) is 13.2. The Morgan fingerprint density at radius 1 is 0.312 bits per heavy atom. The molecule has 0 aliphatic rings. The van der Waals surface area contributed by atoms with E-state index in [9.17, 15) is 0 Å². The van der Waals surface area contributed by atoms with E-state index in [1.54, 1.807) is 0 Å². The van der Waals surface area contributed by atoms with Crippen LogP contribution in [0.15, 0.2) is 192 Å². The lowest BCUT2D eigenvalue weighted by atomic mass is 9.96. The molecular formula is C46H31NO. The van der Waals surface area contributed by atoms with Crippen LogP contribution in [-0.4, -0.2) is 0 Å². The molecule has 0 amide bonds. The Morgan fingerprint density at radius 2 is 0.792 bits per heavy atom. The zero-order chi connectivity index (χ0) is 31.9. The Hall–Kier alpha value is -6.38. The van der Waals surface area contributed by atoms with Crippen molar-refractivity contribution in [3.05, 3.63) is 188 Å². The molecule has 226 valence electrons. The van der Waals surface area contributed by atoms with E-state index in [0.29, 0.717) is 0 Å². The van der Waals surface area contributed by atoms with E-state index in [2.05, 4.69) is 193 Å². The van der Waals surface area contributed by atoms with Crippen LogP contribution in [-0.2, 0) is 0 Å². The van der Waals surface area contributed by atoms with E-state index < -0.39 is 0 Å². The first-order valence-corrected chi connectivity index (χ1v) is 16.4. The molecule has 1 heterocycles. The monoisotopic (exact) mass is 613 g/mol. The highest BCUT2D eigenvalue weighted by molar-refractivity contribution is 6.19. The predicted molar refractivity (Wildman–Crippen MR) is 202 cm³/mol. The number of hydrogen-bond acceptors (Lipinski definition) is 2. The van der Waals surface area contributed by atoms with Crippen LogP contribution in [0.4, 0.5) is 17.1 Å². The van der Waals surface area contributed by atoms with E-state index in [0.717, 1.165) is 55.5 Å². The van der Waals surface area contributed by atoms with Gasteiger partial charge < -0.3 is 9.32 Å². The van der Waals surface area contributed by atoms with Crippen LogP contribution in [0.3, 0.4) is 0 Å². The van der Waals surface area contributed by atoms with Gasteiger partial charge in [0.05, 0.1) is 5.69 Å². The van der Waals surface area contributed by atoms with Crippen LogP contribution in [0.2, 0.25) is 0 Å². The van der Waals surface area contributed by atoms with Gasteiger partial charge in [-0.25, -0.2) is 0 Å². The summed E-state index contributed by atoms with van der Waals surface area (Å²) in [5.41, 5.74) is 11.9. The van der Waals surface area contributed by atoms with Crippen LogP contribution >= 0.6 is 0 Å². The van der Waals surface area contributed by atoms with Crippen LogP contribution in [0, 0.1) is 0 Å². The summed E-state index contributed by atoms with van der Waals surface area (Å²) in [6.07, 6.45) is 0. The van der Waals surface area contributed by atoms with Crippen molar-refractivity contribution in [1.29, 1.82) is 0 Å². The zero-order valence-electron chi connectivity index (χ0n) is 26.3. The molecule has 1 aromatic heterocycles. The van der Waals surface area contributed by atoms with Crippen LogP contribution in [0.25, 0.3) is 66.1 Å². The van der Waals surface area contributed by atoms with Gasteiger partial charge in [0.1, 0.15) is 5.58 Å². The summed E-state index contributed by atoms with van der Waals surface area (Å²) in [6.45, 7) is 0. The molecule has 8 aromatic carbocycles. The number of anilines is 3. The van der Waals surface area contributed by atoms with E-state index in [4.69, 9.17) is 4.42 Å². The van der Waals surface area contributed by atoms with Gasteiger partial charge in [-0.3, -0.25) is 0 Å². The van der Waals surface area contributed by atoms with E-state index in [1.165, 1.54) is 27.6 Å². The minimum atomic E-state index is 0.863. The van der Waals surface area contributed by atoms with Crippen LogP contribution in [0.5, 0.6) is 0 Å². The zero-order valence-corrected chi connectivity index (χ0v) is 26.3. The van der Waals surface area contributed by atoms with Crippen molar-refractivity contribution in [1.82, 2.24) is 0 Å².